The first-order chi connectivity index (χ1) is 17.8. The van der Waals surface area contributed by atoms with Gasteiger partial charge in [0.2, 0.25) is 5.95 Å². The van der Waals surface area contributed by atoms with Crippen LogP contribution in [0.5, 0.6) is 0 Å². The van der Waals surface area contributed by atoms with Gasteiger partial charge in [0.15, 0.2) is 6.23 Å². The Balaban J connectivity index is -0.00000267. The number of methoxy groups -OCH3 is 1. The molecule has 1 aliphatic rings. The lowest BCUT2D eigenvalue weighted by molar-refractivity contribution is 0.00177. The number of rotatable bonds is 11. The zero-order chi connectivity index (χ0) is 26.5. The van der Waals surface area contributed by atoms with Crippen molar-refractivity contribution in [1.29, 1.82) is 0 Å². The highest BCUT2D eigenvalue weighted by atomic mass is 35.5. The van der Waals surface area contributed by atoms with Crippen LogP contribution in [0.15, 0.2) is 30.3 Å². The number of aromatic nitrogens is 3. The summed E-state index contributed by atoms with van der Waals surface area (Å²) in [6.07, 6.45) is 1.56. The minimum Gasteiger partial charge on any atom is -0.412 e. The number of hydrogen-bond acceptors (Lipinski definition) is 7. The zero-order valence-electron chi connectivity index (χ0n) is 25.4. The Hall–Kier alpha value is -1.48. The number of nitrogens with one attached hydrogen (secondary N) is 1. The van der Waals surface area contributed by atoms with E-state index in [9.17, 15) is 0 Å². The maximum absolute atomic E-state index is 6.53. The second-order valence-corrected chi connectivity index (χ2v) is 10.9. The monoisotopic (exact) mass is 690 g/mol. The van der Waals surface area contributed by atoms with Gasteiger partial charge < -0.3 is 41.9 Å². The number of likely N-dealkylation sites (tertiary alicyclic amines) is 1. The van der Waals surface area contributed by atoms with E-state index in [2.05, 4.69) is 28.6 Å². The number of halogens is 4. The molecule has 1 aromatic carbocycles. The van der Waals surface area contributed by atoms with Gasteiger partial charge >= 0.3 is 0 Å². The molecule has 43 heavy (non-hydrogen) atoms. The predicted octanol–water partition coefficient (Wildman–Crippen LogP) is 3.56. The number of hydrogen-bond donors (Lipinski definition) is 2. The molecule has 3 heterocycles. The van der Waals surface area contributed by atoms with Gasteiger partial charge in [0.05, 0.1) is 29.9 Å². The molecule has 1 saturated heterocycles. The minimum absolute atomic E-state index is 0. The van der Waals surface area contributed by atoms with Crippen molar-refractivity contribution in [1.82, 2.24) is 19.4 Å². The summed E-state index contributed by atoms with van der Waals surface area (Å²) in [6.45, 7) is 12.3. The fraction of sp³-hybridized carbons (Fsp3) is 0.571. The Kier molecular flexibility index (Phi) is 22.7. The van der Waals surface area contributed by atoms with Crippen LogP contribution in [-0.4, -0.2) is 87.9 Å². The summed E-state index contributed by atoms with van der Waals surface area (Å²) >= 11 is 6.53. The quantitative estimate of drug-likeness (QED) is 0.288. The van der Waals surface area contributed by atoms with Crippen molar-refractivity contribution in [3.05, 3.63) is 52.3 Å². The fourth-order valence-corrected chi connectivity index (χ4v) is 5.12. The molecule has 0 saturated carbocycles. The maximum atomic E-state index is 6.53. The molecule has 0 amide bonds. The highest BCUT2D eigenvalue weighted by Crippen LogP contribution is 2.33. The number of benzene rings is 1. The average molecular weight is 693 g/mol. The summed E-state index contributed by atoms with van der Waals surface area (Å²) in [5, 5.41) is 4.42. The Labute approximate surface area is 278 Å². The molecule has 11 nitrogen and oxygen atoms in total. The number of ether oxygens (including phenoxy) is 2. The maximum Gasteiger partial charge on any atom is 0.206 e. The van der Waals surface area contributed by atoms with E-state index < -0.39 is 6.23 Å². The van der Waals surface area contributed by atoms with Crippen molar-refractivity contribution < 1.29 is 25.9 Å². The molecule has 3 aromatic rings. The number of anilines is 1. The van der Waals surface area contributed by atoms with Crippen LogP contribution in [0.4, 0.5) is 5.95 Å². The van der Waals surface area contributed by atoms with E-state index in [0.29, 0.717) is 30.2 Å². The van der Waals surface area contributed by atoms with Crippen molar-refractivity contribution in [2.75, 3.05) is 45.3 Å². The smallest absolute Gasteiger partial charge is 0.206 e. The molecule has 9 N–H and O–H groups in total. The first-order valence-corrected chi connectivity index (χ1v) is 13.6. The Morgan fingerprint density at radius 3 is 2.26 bits per heavy atom. The van der Waals surface area contributed by atoms with Gasteiger partial charge in [-0.05, 0) is 62.4 Å². The molecule has 4 rings (SSSR count). The number of fused-ring (bicyclic) bond motifs is 1. The highest BCUT2D eigenvalue weighted by molar-refractivity contribution is 6.31. The molecule has 0 radical (unpaired) electrons. The Bertz CT molecular complexity index is 1200. The van der Waals surface area contributed by atoms with Gasteiger partial charge in [0.25, 0.3) is 0 Å². The third kappa shape index (κ3) is 11.8. The Morgan fingerprint density at radius 2 is 1.67 bits per heavy atom. The van der Waals surface area contributed by atoms with E-state index >= 15 is 0 Å². The first kappa shape index (κ1) is 45.9. The van der Waals surface area contributed by atoms with E-state index in [0.717, 1.165) is 66.4 Å². The van der Waals surface area contributed by atoms with Crippen LogP contribution < -0.4 is 11.1 Å². The predicted molar refractivity (Wildman–Crippen MR) is 183 cm³/mol. The lowest BCUT2D eigenvalue weighted by Gasteiger charge is -2.35. The number of aryl methyl sites for hydroxylation is 2. The summed E-state index contributed by atoms with van der Waals surface area (Å²) in [6, 6.07) is 10.4. The third-order valence-electron chi connectivity index (χ3n) is 7.16. The summed E-state index contributed by atoms with van der Waals surface area (Å²) in [5.41, 5.74) is 10.9. The van der Waals surface area contributed by atoms with Crippen LogP contribution >= 0.6 is 48.8 Å². The number of imidazole rings is 1. The molecule has 250 valence electrons. The van der Waals surface area contributed by atoms with Gasteiger partial charge in [-0.2, -0.15) is 0 Å². The van der Waals surface area contributed by atoms with Crippen molar-refractivity contribution in [2.45, 2.75) is 58.8 Å². The number of nitrogens with two attached hydrogens (primary N) is 1. The minimum atomic E-state index is -0.482. The summed E-state index contributed by atoms with van der Waals surface area (Å²) in [4.78, 5) is 12.3. The van der Waals surface area contributed by atoms with Gasteiger partial charge in [-0.3, -0.25) is 9.55 Å². The molecule has 1 aliphatic heterocycles. The van der Waals surface area contributed by atoms with Crippen LogP contribution in [0.2, 0.25) is 5.02 Å². The molecule has 1 fully saturated rings. The van der Waals surface area contributed by atoms with Crippen molar-refractivity contribution in [3.63, 3.8) is 0 Å². The van der Waals surface area contributed by atoms with E-state index in [1.54, 1.807) is 7.11 Å². The van der Waals surface area contributed by atoms with Gasteiger partial charge in [-0.25, -0.2) is 4.98 Å². The molecule has 0 spiro atoms. The molecule has 2 unspecified atom stereocenters. The fourth-order valence-electron chi connectivity index (χ4n) is 4.85. The SMILES string of the molecule is COCCOC(c1cccc(C)n1)n1c(NC2CCN(CC(N)C(C)C)CC2)nc2c(C)cc(Cl)cc21.Cl.Cl.Cl.O.O.O. The number of nitrogens with zero attached hydrogens (tertiary/aromatic N) is 4. The van der Waals surface area contributed by atoms with Crippen molar-refractivity contribution >= 4 is 65.8 Å². The standard InChI is InChI=1S/C28H41ClN6O2.3ClH.3H2O/c1-18(2)23(30)17-34-11-9-22(10-12-34)32-28-33-26-19(3)15-21(29)16-25(26)35(28)27(37-14-13-36-5)24-8-6-7-20(4)31-24;;;;;;/h6-8,15-16,18,22-23,27H,9-14,17,30H2,1-5H3,(H,32,33);3*1H;3*1H2. The molecule has 15 heteroatoms. The lowest BCUT2D eigenvalue weighted by Crippen LogP contribution is -2.46. The average Bonchev–Trinajstić information content (AvgIpc) is 3.21. The summed E-state index contributed by atoms with van der Waals surface area (Å²) in [7, 11) is 1.67. The van der Waals surface area contributed by atoms with Crippen LogP contribution in [0, 0.1) is 19.8 Å². The number of pyridine rings is 1. The van der Waals surface area contributed by atoms with Gasteiger partial charge in [-0.1, -0.05) is 31.5 Å². The molecular formula is C28H50Cl4N6O5. The van der Waals surface area contributed by atoms with Gasteiger partial charge in [-0.15, -0.1) is 37.2 Å². The zero-order valence-corrected chi connectivity index (χ0v) is 28.6. The molecule has 2 atom stereocenters. The van der Waals surface area contributed by atoms with Crippen molar-refractivity contribution in [3.8, 4) is 0 Å². The molecular weight excluding hydrogens is 642 g/mol. The Morgan fingerprint density at radius 1 is 1.02 bits per heavy atom. The lowest BCUT2D eigenvalue weighted by atomic mass is 10.0. The van der Waals surface area contributed by atoms with Crippen LogP contribution in [-0.2, 0) is 9.47 Å². The van der Waals surface area contributed by atoms with Crippen LogP contribution in [0.3, 0.4) is 0 Å². The van der Waals surface area contributed by atoms with Gasteiger partial charge in [0, 0.05) is 49.5 Å². The van der Waals surface area contributed by atoms with Gasteiger partial charge in [0.1, 0.15) is 0 Å². The molecule has 0 aliphatic carbocycles. The van der Waals surface area contributed by atoms with Crippen LogP contribution in [0.25, 0.3) is 11.0 Å². The number of piperidine rings is 1. The third-order valence-corrected chi connectivity index (χ3v) is 7.38. The van der Waals surface area contributed by atoms with E-state index in [1.807, 2.05) is 44.2 Å². The second kappa shape index (κ2) is 21.3. The van der Waals surface area contributed by atoms with E-state index in [4.69, 9.17) is 36.8 Å². The normalized spacial score (nSPS) is 14.6. The largest absolute Gasteiger partial charge is 0.412 e. The van der Waals surface area contributed by atoms with Crippen LogP contribution in [0.1, 0.15) is 49.9 Å². The summed E-state index contributed by atoms with van der Waals surface area (Å²) in [5.74, 6) is 1.25. The summed E-state index contributed by atoms with van der Waals surface area (Å²) < 4.78 is 13.8. The molecule has 0 bridgehead atoms. The molecule has 2 aromatic heterocycles. The first-order valence-electron chi connectivity index (χ1n) is 13.2. The van der Waals surface area contributed by atoms with E-state index in [1.165, 1.54) is 0 Å². The van der Waals surface area contributed by atoms with E-state index in [-0.39, 0.29) is 59.7 Å². The van der Waals surface area contributed by atoms with Crippen molar-refractivity contribution in [2.24, 2.45) is 11.7 Å². The topological polar surface area (TPSA) is 185 Å². The second-order valence-electron chi connectivity index (χ2n) is 10.4. The highest BCUT2D eigenvalue weighted by Gasteiger charge is 2.27.